The number of methoxy groups -OCH3 is 1. The van der Waals surface area contributed by atoms with E-state index in [9.17, 15) is 4.79 Å². The summed E-state index contributed by atoms with van der Waals surface area (Å²) in [6, 6.07) is 7.74. The minimum atomic E-state index is -0.177. The van der Waals surface area contributed by atoms with Crippen molar-refractivity contribution in [1.29, 1.82) is 0 Å². The average Bonchev–Trinajstić information content (AvgIpc) is 2.55. The SMILES string of the molecule is COc1ccc(COCCNc2cnn(C)c(=O)c2Br)cc1. The monoisotopic (exact) mass is 367 g/mol. The summed E-state index contributed by atoms with van der Waals surface area (Å²) >= 11 is 3.26. The van der Waals surface area contributed by atoms with Crippen molar-refractivity contribution in [3.8, 4) is 5.75 Å². The number of ether oxygens (including phenoxy) is 2. The highest BCUT2D eigenvalue weighted by Crippen LogP contribution is 2.15. The molecule has 0 saturated heterocycles. The fourth-order valence-corrected chi connectivity index (χ4v) is 2.30. The summed E-state index contributed by atoms with van der Waals surface area (Å²) in [5.74, 6) is 0.827. The van der Waals surface area contributed by atoms with Crippen LogP contribution in [-0.4, -0.2) is 30.0 Å². The molecule has 1 N–H and O–H groups in total. The predicted molar refractivity (Wildman–Crippen MR) is 88.3 cm³/mol. The summed E-state index contributed by atoms with van der Waals surface area (Å²) in [4.78, 5) is 11.7. The molecule has 0 atom stereocenters. The molecule has 0 spiro atoms. The van der Waals surface area contributed by atoms with Crippen molar-refractivity contribution in [1.82, 2.24) is 9.78 Å². The Balaban J connectivity index is 1.75. The number of aryl methyl sites for hydroxylation is 1. The molecular weight excluding hydrogens is 350 g/mol. The molecule has 7 heteroatoms. The van der Waals surface area contributed by atoms with Gasteiger partial charge in [-0.1, -0.05) is 12.1 Å². The van der Waals surface area contributed by atoms with Crippen LogP contribution in [-0.2, 0) is 18.4 Å². The average molecular weight is 368 g/mol. The third kappa shape index (κ3) is 4.32. The van der Waals surface area contributed by atoms with Crippen molar-refractivity contribution >= 4 is 21.6 Å². The van der Waals surface area contributed by atoms with Gasteiger partial charge < -0.3 is 14.8 Å². The van der Waals surface area contributed by atoms with E-state index in [1.165, 1.54) is 4.68 Å². The van der Waals surface area contributed by atoms with E-state index in [0.717, 1.165) is 11.3 Å². The number of anilines is 1. The first-order valence-corrected chi connectivity index (χ1v) is 7.57. The highest BCUT2D eigenvalue weighted by Gasteiger charge is 2.05. The number of rotatable bonds is 7. The molecule has 0 saturated carbocycles. The van der Waals surface area contributed by atoms with Crippen LogP contribution in [0, 0.1) is 0 Å². The summed E-state index contributed by atoms with van der Waals surface area (Å²) in [6.07, 6.45) is 1.61. The zero-order chi connectivity index (χ0) is 15.9. The first kappa shape index (κ1) is 16.5. The summed E-state index contributed by atoms with van der Waals surface area (Å²) < 4.78 is 12.4. The van der Waals surface area contributed by atoms with Crippen molar-refractivity contribution in [3.63, 3.8) is 0 Å². The molecule has 0 aliphatic rings. The molecule has 6 nitrogen and oxygen atoms in total. The minimum Gasteiger partial charge on any atom is -0.497 e. The molecule has 0 bridgehead atoms. The lowest BCUT2D eigenvalue weighted by Gasteiger charge is -2.09. The summed E-state index contributed by atoms with van der Waals surface area (Å²) in [6.45, 7) is 1.64. The first-order valence-electron chi connectivity index (χ1n) is 6.78. The fraction of sp³-hybridized carbons (Fsp3) is 0.333. The Morgan fingerprint density at radius 2 is 2.05 bits per heavy atom. The molecule has 1 heterocycles. The summed E-state index contributed by atoms with van der Waals surface area (Å²) in [5, 5.41) is 7.08. The van der Waals surface area contributed by atoms with Crippen LogP contribution in [0.1, 0.15) is 5.56 Å². The van der Waals surface area contributed by atoms with Crippen LogP contribution in [0.2, 0.25) is 0 Å². The van der Waals surface area contributed by atoms with E-state index >= 15 is 0 Å². The molecule has 22 heavy (non-hydrogen) atoms. The third-order valence-corrected chi connectivity index (χ3v) is 3.83. The second kappa shape index (κ2) is 7.95. The maximum atomic E-state index is 11.7. The van der Waals surface area contributed by atoms with Crippen molar-refractivity contribution in [2.45, 2.75) is 6.61 Å². The Morgan fingerprint density at radius 3 is 2.73 bits per heavy atom. The highest BCUT2D eigenvalue weighted by molar-refractivity contribution is 9.10. The van der Waals surface area contributed by atoms with Crippen molar-refractivity contribution in [2.75, 3.05) is 25.6 Å². The number of nitrogens with one attached hydrogen (secondary N) is 1. The van der Waals surface area contributed by atoms with Crippen LogP contribution in [0.3, 0.4) is 0 Å². The van der Waals surface area contributed by atoms with E-state index in [4.69, 9.17) is 9.47 Å². The van der Waals surface area contributed by atoms with E-state index in [-0.39, 0.29) is 5.56 Å². The van der Waals surface area contributed by atoms with Gasteiger partial charge >= 0.3 is 0 Å². The fourth-order valence-electron chi connectivity index (χ4n) is 1.80. The number of halogens is 1. The zero-order valence-corrected chi connectivity index (χ0v) is 14.1. The Bertz CT molecular complexity index is 671. The standard InChI is InChI=1S/C15H18BrN3O3/c1-19-15(20)14(16)13(9-18-19)17-7-8-22-10-11-3-5-12(21-2)6-4-11/h3-6,9,17H,7-8,10H2,1-2H3. The molecular formula is C15H18BrN3O3. The number of benzene rings is 1. The Kier molecular flexibility index (Phi) is 5.97. The molecule has 0 fully saturated rings. The topological polar surface area (TPSA) is 65.4 Å². The number of aromatic nitrogens is 2. The van der Waals surface area contributed by atoms with Gasteiger partial charge in [0.15, 0.2) is 0 Å². The van der Waals surface area contributed by atoms with Gasteiger partial charge in [0.1, 0.15) is 10.2 Å². The van der Waals surface area contributed by atoms with Gasteiger partial charge in [-0.25, -0.2) is 4.68 Å². The third-order valence-electron chi connectivity index (χ3n) is 3.07. The van der Waals surface area contributed by atoms with Crippen LogP contribution >= 0.6 is 15.9 Å². The zero-order valence-electron chi connectivity index (χ0n) is 12.5. The summed E-state index contributed by atoms with van der Waals surface area (Å²) in [7, 11) is 3.25. The predicted octanol–water partition coefficient (Wildman–Crippen LogP) is 2.18. The van der Waals surface area contributed by atoms with Gasteiger partial charge in [0.05, 0.1) is 32.2 Å². The second-order valence-corrected chi connectivity index (χ2v) is 5.42. The molecule has 1 aromatic carbocycles. The van der Waals surface area contributed by atoms with E-state index in [1.807, 2.05) is 24.3 Å². The number of hydrogen-bond donors (Lipinski definition) is 1. The van der Waals surface area contributed by atoms with Gasteiger partial charge in [0, 0.05) is 13.6 Å². The van der Waals surface area contributed by atoms with Crippen LogP contribution in [0.25, 0.3) is 0 Å². The molecule has 2 rings (SSSR count). The summed E-state index contributed by atoms with van der Waals surface area (Å²) in [5.41, 5.74) is 1.57. The molecule has 0 unspecified atom stereocenters. The van der Waals surface area contributed by atoms with Gasteiger partial charge in [-0.3, -0.25) is 4.79 Å². The molecule has 0 radical (unpaired) electrons. The van der Waals surface area contributed by atoms with Gasteiger partial charge in [0.2, 0.25) is 0 Å². The molecule has 118 valence electrons. The maximum absolute atomic E-state index is 11.7. The van der Waals surface area contributed by atoms with Crippen molar-refractivity contribution in [3.05, 3.63) is 50.9 Å². The normalized spacial score (nSPS) is 10.5. The lowest BCUT2D eigenvalue weighted by Crippen LogP contribution is -2.22. The van der Waals surface area contributed by atoms with Gasteiger partial charge in [0.25, 0.3) is 5.56 Å². The molecule has 0 amide bonds. The second-order valence-electron chi connectivity index (χ2n) is 4.63. The van der Waals surface area contributed by atoms with Crippen LogP contribution in [0.15, 0.2) is 39.7 Å². The van der Waals surface area contributed by atoms with Crippen LogP contribution in [0.4, 0.5) is 5.69 Å². The Labute approximate surface area is 137 Å². The first-order chi connectivity index (χ1) is 10.6. The molecule has 0 aliphatic carbocycles. The van der Waals surface area contributed by atoms with E-state index in [1.54, 1.807) is 20.4 Å². The lowest BCUT2D eigenvalue weighted by molar-refractivity contribution is 0.130. The van der Waals surface area contributed by atoms with Gasteiger partial charge in [-0.15, -0.1) is 0 Å². The molecule has 2 aromatic rings. The van der Waals surface area contributed by atoms with Gasteiger partial charge in [-0.05, 0) is 33.6 Å². The van der Waals surface area contributed by atoms with E-state index in [2.05, 4.69) is 26.3 Å². The van der Waals surface area contributed by atoms with E-state index in [0.29, 0.717) is 29.9 Å². The largest absolute Gasteiger partial charge is 0.497 e. The van der Waals surface area contributed by atoms with Gasteiger partial charge in [-0.2, -0.15) is 5.10 Å². The lowest BCUT2D eigenvalue weighted by atomic mass is 10.2. The Morgan fingerprint density at radius 1 is 1.32 bits per heavy atom. The van der Waals surface area contributed by atoms with Crippen LogP contribution in [0.5, 0.6) is 5.75 Å². The smallest absolute Gasteiger partial charge is 0.282 e. The number of nitrogens with zero attached hydrogens (tertiary/aromatic N) is 2. The Hall–Kier alpha value is -1.86. The maximum Gasteiger partial charge on any atom is 0.282 e. The van der Waals surface area contributed by atoms with E-state index < -0.39 is 0 Å². The van der Waals surface area contributed by atoms with Crippen LogP contribution < -0.4 is 15.6 Å². The molecule has 1 aromatic heterocycles. The quantitative estimate of drug-likeness (QED) is 0.759. The molecule has 0 aliphatic heterocycles. The minimum absolute atomic E-state index is 0.177. The highest BCUT2D eigenvalue weighted by atomic mass is 79.9. The van der Waals surface area contributed by atoms with Crippen molar-refractivity contribution < 1.29 is 9.47 Å². The number of hydrogen-bond acceptors (Lipinski definition) is 5. The van der Waals surface area contributed by atoms with Crippen molar-refractivity contribution in [2.24, 2.45) is 7.05 Å².